The van der Waals surface area contributed by atoms with Gasteiger partial charge in [0.25, 0.3) is 0 Å². The first-order valence-corrected chi connectivity index (χ1v) is 8.93. The van der Waals surface area contributed by atoms with Crippen molar-refractivity contribution in [2.24, 2.45) is 22.4 Å². The normalized spacial score (nSPS) is 38.5. The molecule has 1 aromatic rings. The van der Waals surface area contributed by atoms with Gasteiger partial charge in [-0.05, 0) is 44.1 Å². The third kappa shape index (κ3) is 2.91. The van der Waals surface area contributed by atoms with Crippen LogP contribution < -0.4 is 0 Å². The fraction of sp³-hybridized carbons (Fsp3) is 0.650. The van der Waals surface area contributed by atoms with E-state index in [4.69, 9.17) is 4.84 Å². The summed E-state index contributed by atoms with van der Waals surface area (Å²) in [5.41, 5.74) is 1.70. The van der Waals surface area contributed by atoms with E-state index in [9.17, 15) is 5.11 Å². The Morgan fingerprint density at radius 2 is 2.04 bits per heavy atom. The molecule has 2 aliphatic carbocycles. The first kappa shape index (κ1) is 16.5. The van der Waals surface area contributed by atoms with Gasteiger partial charge in [-0.1, -0.05) is 49.3 Å². The van der Waals surface area contributed by atoms with Gasteiger partial charge in [0.1, 0.15) is 6.61 Å². The summed E-state index contributed by atoms with van der Waals surface area (Å²) in [5.74, 6) is 0.839. The highest BCUT2D eigenvalue weighted by Gasteiger charge is 2.60. The molecule has 3 heteroatoms. The van der Waals surface area contributed by atoms with Crippen LogP contribution in [-0.4, -0.2) is 23.0 Å². The van der Waals surface area contributed by atoms with E-state index in [1.165, 1.54) is 12.0 Å². The SMILES string of the molecule is CCON=C1CC2(O)CC(Cc3ccccc3)CCC2(C)C1C. The van der Waals surface area contributed by atoms with Crippen LogP contribution in [-0.2, 0) is 11.3 Å². The van der Waals surface area contributed by atoms with Crippen LogP contribution in [0, 0.1) is 17.3 Å². The monoisotopic (exact) mass is 315 g/mol. The summed E-state index contributed by atoms with van der Waals surface area (Å²) < 4.78 is 0. The maximum absolute atomic E-state index is 11.4. The van der Waals surface area contributed by atoms with E-state index in [2.05, 4.69) is 49.3 Å². The van der Waals surface area contributed by atoms with E-state index in [-0.39, 0.29) is 11.3 Å². The van der Waals surface area contributed by atoms with Crippen molar-refractivity contribution in [2.45, 2.75) is 58.5 Å². The zero-order chi connectivity index (χ0) is 16.5. The lowest BCUT2D eigenvalue weighted by Gasteiger charge is -2.48. The highest BCUT2D eigenvalue weighted by Crippen LogP contribution is 2.58. The minimum absolute atomic E-state index is 0.0733. The van der Waals surface area contributed by atoms with Crippen LogP contribution in [0.25, 0.3) is 0 Å². The summed E-state index contributed by atoms with van der Waals surface area (Å²) in [4.78, 5) is 5.28. The number of aliphatic hydroxyl groups is 1. The van der Waals surface area contributed by atoms with Crippen molar-refractivity contribution >= 4 is 5.71 Å². The summed E-state index contributed by atoms with van der Waals surface area (Å²) in [6.07, 6.45) is 4.84. The fourth-order valence-electron chi connectivity index (χ4n) is 4.64. The highest BCUT2D eigenvalue weighted by atomic mass is 16.6. The van der Waals surface area contributed by atoms with Crippen molar-refractivity contribution in [2.75, 3.05) is 6.61 Å². The smallest absolute Gasteiger partial charge is 0.114 e. The molecule has 4 unspecified atom stereocenters. The lowest BCUT2D eigenvalue weighted by atomic mass is 9.60. The molecule has 1 N–H and O–H groups in total. The summed E-state index contributed by atoms with van der Waals surface area (Å²) in [6, 6.07) is 10.6. The van der Waals surface area contributed by atoms with Gasteiger partial charge in [-0.3, -0.25) is 0 Å². The molecular formula is C20H29NO2. The van der Waals surface area contributed by atoms with E-state index in [0.29, 0.717) is 18.9 Å². The zero-order valence-corrected chi connectivity index (χ0v) is 14.6. The van der Waals surface area contributed by atoms with Gasteiger partial charge in [0, 0.05) is 17.8 Å². The summed E-state index contributed by atoms with van der Waals surface area (Å²) in [6.45, 7) is 6.98. The molecule has 2 aliphatic rings. The van der Waals surface area contributed by atoms with Crippen LogP contribution in [0.4, 0.5) is 0 Å². The Kier molecular flexibility index (Phi) is 4.50. The minimum Gasteiger partial charge on any atom is -0.396 e. The van der Waals surface area contributed by atoms with E-state index < -0.39 is 5.60 Å². The quantitative estimate of drug-likeness (QED) is 0.846. The van der Waals surface area contributed by atoms with Crippen molar-refractivity contribution in [3.8, 4) is 0 Å². The van der Waals surface area contributed by atoms with Crippen molar-refractivity contribution in [1.29, 1.82) is 0 Å². The average Bonchev–Trinajstić information content (AvgIpc) is 2.74. The van der Waals surface area contributed by atoms with Gasteiger partial charge in [-0.2, -0.15) is 0 Å². The van der Waals surface area contributed by atoms with Gasteiger partial charge >= 0.3 is 0 Å². The molecule has 0 radical (unpaired) electrons. The molecule has 0 saturated heterocycles. The predicted octanol–water partition coefficient (Wildman–Crippen LogP) is 4.20. The molecule has 0 spiro atoms. The molecular weight excluding hydrogens is 286 g/mol. The molecule has 0 amide bonds. The predicted molar refractivity (Wildman–Crippen MR) is 93.4 cm³/mol. The third-order valence-corrected chi connectivity index (χ3v) is 6.37. The zero-order valence-electron chi connectivity index (χ0n) is 14.6. The Labute approximate surface area is 139 Å². The standard InChI is InChI=1S/C20H29NO2/c1-4-23-21-18-14-20(22)13-17(10-11-19(20,3)15(18)2)12-16-8-6-5-7-9-16/h5-9,15,17,22H,4,10-14H2,1-3H3. The fourth-order valence-corrected chi connectivity index (χ4v) is 4.64. The third-order valence-electron chi connectivity index (χ3n) is 6.37. The Morgan fingerprint density at radius 1 is 1.30 bits per heavy atom. The van der Waals surface area contributed by atoms with Gasteiger partial charge in [0.2, 0.25) is 0 Å². The largest absolute Gasteiger partial charge is 0.396 e. The number of fused-ring (bicyclic) bond motifs is 1. The Hall–Kier alpha value is -1.35. The van der Waals surface area contributed by atoms with Gasteiger partial charge < -0.3 is 9.94 Å². The second-order valence-corrected chi connectivity index (χ2v) is 7.65. The maximum atomic E-state index is 11.4. The molecule has 1 aromatic carbocycles. The van der Waals surface area contributed by atoms with E-state index >= 15 is 0 Å². The molecule has 3 nitrogen and oxygen atoms in total. The van der Waals surface area contributed by atoms with Crippen LogP contribution in [0.5, 0.6) is 0 Å². The number of hydrogen-bond donors (Lipinski definition) is 1. The van der Waals surface area contributed by atoms with Crippen LogP contribution in [0.2, 0.25) is 0 Å². The number of oxime groups is 1. The summed E-state index contributed by atoms with van der Waals surface area (Å²) >= 11 is 0. The van der Waals surface area contributed by atoms with E-state index in [0.717, 1.165) is 25.0 Å². The molecule has 3 rings (SSSR count). The molecule has 2 saturated carbocycles. The Bertz CT molecular complexity index is 570. The minimum atomic E-state index is -0.639. The number of nitrogens with zero attached hydrogens (tertiary/aromatic N) is 1. The van der Waals surface area contributed by atoms with Gasteiger partial charge in [-0.25, -0.2) is 0 Å². The lowest BCUT2D eigenvalue weighted by molar-refractivity contribution is -0.112. The molecule has 23 heavy (non-hydrogen) atoms. The summed E-state index contributed by atoms with van der Waals surface area (Å²) in [5, 5.41) is 15.7. The van der Waals surface area contributed by atoms with Crippen molar-refractivity contribution in [1.82, 2.24) is 0 Å². The molecule has 2 fully saturated rings. The second kappa shape index (κ2) is 6.27. The van der Waals surface area contributed by atoms with Crippen molar-refractivity contribution < 1.29 is 9.94 Å². The average molecular weight is 315 g/mol. The topological polar surface area (TPSA) is 41.8 Å². The molecule has 126 valence electrons. The van der Waals surface area contributed by atoms with Gasteiger partial charge in [0.15, 0.2) is 0 Å². The van der Waals surface area contributed by atoms with Gasteiger partial charge in [-0.15, -0.1) is 0 Å². The maximum Gasteiger partial charge on any atom is 0.114 e. The molecule has 4 atom stereocenters. The van der Waals surface area contributed by atoms with Crippen LogP contribution in [0.15, 0.2) is 35.5 Å². The summed E-state index contributed by atoms with van der Waals surface area (Å²) in [7, 11) is 0. The van der Waals surface area contributed by atoms with Crippen LogP contribution in [0.1, 0.15) is 52.0 Å². The number of benzene rings is 1. The molecule has 0 heterocycles. The van der Waals surface area contributed by atoms with Crippen LogP contribution >= 0.6 is 0 Å². The van der Waals surface area contributed by atoms with Crippen molar-refractivity contribution in [3.05, 3.63) is 35.9 Å². The Balaban J connectivity index is 1.76. The Morgan fingerprint density at radius 3 is 2.74 bits per heavy atom. The molecule has 0 aliphatic heterocycles. The molecule has 0 bridgehead atoms. The van der Waals surface area contributed by atoms with E-state index in [1.807, 2.05) is 6.92 Å². The second-order valence-electron chi connectivity index (χ2n) is 7.65. The van der Waals surface area contributed by atoms with Crippen LogP contribution in [0.3, 0.4) is 0 Å². The van der Waals surface area contributed by atoms with Gasteiger partial charge in [0.05, 0.1) is 11.3 Å². The number of rotatable bonds is 4. The number of hydrogen-bond acceptors (Lipinski definition) is 3. The highest BCUT2D eigenvalue weighted by molar-refractivity contribution is 5.90. The molecule has 0 aromatic heterocycles. The lowest BCUT2D eigenvalue weighted by Crippen LogP contribution is -2.49. The van der Waals surface area contributed by atoms with E-state index in [1.54, 1.807) is 0 Å². The van der Waals surface area contributed by atoms with Crippen molar-refractivity contribution in [3.63, 3.8) is 0 Å². The first-order chi connectivity index (χ1) is 11.0. The first-order valence-electron chi connectivity index (χ1n) is 8.93.